The molecule has 19 heavy (non-hydrogen) atoms. The van der Waals surface area contributed by atoms with Crippen molar-refractivity contribution < 1.29 is 9.42 Å². The van der Waals surface area contributed by atoms with Gasteiger partial charge < -0.3 is 5.32 Å². The second-order valence-electron chi connectivity index (χ2n) is 3.54. The van der Waals surface area contributed by atoms with Crippen LogP contribution in [-0.4, -0.2) is 22.4 Å². The number of amides is 1. The van der Waals surface area contributed by atoms with Crippen molar-refractivity contribution in [1.29, 1.82) is 0 Å². The number of anilines is 1. The van der Waals surface area contributed by atoms with Crippen LogP contribution in [0.5, 0.6) is 0 Å². The number of carbonyl (C=O) groups excluding carboxylic acids is 1. The third-order valence-electron chi connectivity index (χ3n) is 2.05. The second-order valence-corrected chi connectivity index (χ2v) is 4.39. The average molecular weight is 299 g/mol. The van der Waals surface area contributed by atoms with Crippen LogP contribution in [0, 0.1) is 0 Å². The van der Waals surface area contributed by atoms with Crippen LogP contribution in [0.25, 0.3) is 0 Å². The molecule has 0 aliphatic heterocycles. The zero-order valence-electron chi connectivity index (χ0n) is 9.72. The summed E-state index contributed by atoms with van der Waals surface area (Å²) in [6.07, 6.45) is 1.48. The molecule has 1 N–H and O–H groups in total. The van der Waals surface area contributed by atoms with Gasteiger partial charge in [-0.15, -0.1) is 0 Å². The van der Waals surface area contributed by atoms with Gasteiger partial charge in [-0.2, -0.15) is 0 Å². The number of benzene rings is 1. The smallest absolute Gasteiger partial charge is 0.241 e. The fourth-order valence-corrected chi connectivity index (χ4v) is 1.71. The Morgan fingerprint density at radius 1 is 1.42 bits per heavy atom. The summed E-state index contributed by atoms with van der Waals surface area (Å²) in [7, 11) is 0. The van der Waals surface area contributed by atoms with Crippen LogP contribution >= 0.6 is 23.2 Å². The molecule has 1 amide bonds. The summed E-state index contributed by atoms with van der Waals surface area (Å²) in [5, 5.41) is 10.5. The summed E-state index contributed by atoms with van der Waals surface area (Å²) in [6, 6.07) is 4.99. The maximum Gasteiger partial charge on any atom is 0.241 e. The van der Waals surface area contributed by atoms with Crippen molar-refractivity contribution in [2.75, 3.05) is 5.32 Å². The molecule has 0 fully saturated rings. The fourth-order valence-electron chi connectivity index (χ4n) is 1.25. The number of halogens is 2. The Hall–Kier alpha value is -1.92. The van der Waals surface area contributed by atoms with E-state index in [4.69, 9.17) is 23.2 Å². The van der Waals surface area contributed by atoms with Gasteiger partial charge in [0.15, 0.2) is 0 Å². The van der Waals surface area contributed by atoms with Gasteiger partial charge in [0.1, 0.15) is 0 Å². The summed E-state index contributed by atoms with van der Waals surface area (Å²) in [4.78, 5) is 15.0. The zero-order valence-corrected chi connectivity index (χ0v) is 11.2. The Labute approximate surface area is 118 Å². The van der Waals surface area contributed by atoms with Crippen LogP contribution in [0.2, 0.25) is 10.0 Å². The second kappa shape index (κ2) is 5.81. The number of nitrogens with one attached hydrogen (secondary N) is 1. The Balaban J connectivity index is 2.23. The third-order valence-corrected chi connectivity index (χ3v) is 2.62. The van der Waals surface area contributed by atoms with E-state index in [0.717, 1.165) is 0 Å². The minimum atomic E-state index is -0.295. The average Bonchev–Trinajstić information content (AvgIpc) is 2.74. The molecule has 1 aromatic carbocycles. The van der Waals surface area contributed by atoms with E-state index in [2.05, 4.69) is 25.3 Å². The van der Waals surface area contributed by atoms with Crippen LogP contribution in [0.4, 0.5) is 11.6 Å². The van der Waals surface area contributed by atoms with Crippen LogP contribution < -0.4 is 5.32 Å². The van der Waals surface area contributed by atoms with E-state index in [-0.39, 0.29) is 17.5 Å². The predicted molar refractivity (Wildman–Crippen MR) is 72.3 cm³/mol. The lowest BCUT2D eigenvalue weighted by Crippen LogP contribution is -2.06. The maximum absolute atomic E-state index is 10.9. The lowest BCUT2D eigenvalue weighted by atomic mass is 10.2. The Bertz CT molecular complexity index is 639. The molecule has 6 nitrogen and oxygen atoms in total. The van der Waals surface area contributed by atoms with Gasteiger partial charge in [-0.05, 0) is 22.4 Å². The lowest BCUT2D eigenvalue weighted by molar-refractivity contribution is -0.114. The first-order chi connectivity index (χ1) is 9.06. The van der Waals surface area contributed by atoms with Crippen molar-refractivity contribution in [3.63, 3.8) is 0 Å². The first-order valence-electron chi connectivity index (χ1n) is 5.15. The van der Waals surface area contributed by atoms with Gasteiger partial charge in [0.2, 0.25) is 17.5 Å². The SMILES string of the molecule is CC(=O)Nc1nonc1N=Cc1ccc(Cl)cc1Cl. The quantitative estimate of drug-likeness (QED) is 0.883. The molecular weight excluding hydrogens is 291 g/mol. The summed E-state index contributed by atoms with van der Waals surface area (Å²) < 4.78 is 4.50. The number of hydrogen-bond acceptors (Lipinski definition) is 5. The maximum atomic E-state index is 10.9. The molecule has 0 aliphatic carbocycles. The van der Waals surface area contributed by atoms with E-state index in [1.807, 2.05) is 0 Å². The molecule has 0 bridgehead atoms. The molecule has 0 saturated carbocycles. The van der Waals surface area contributed by atoms with Gasteiger partial charge in [0, 0.05) is 23.7 Å². The Morgan fingerprint density at radius 2 is 2.21 bits per heavy atom. The number of rotatable bonds is 3. The minimum absolute atomic E-state index is 0.147. The summed E-state index contributed by atoms with van der Waals surface area (Å²) in [5.74, 6) is 0.00623. The van der Waals surface area contributed by atoms with E-state index in [0.29, 0.717) is 15.6 Å². The van der Waals surface area contributed by atoms with Gasteiger partial charge >= 0.3 is 0 Å². The molecule has 0 unspecified atom stereocenters. The number of aromatic nitrogens is 2. The summed E-state index contributed by atoms with van der Waals surface area (Å²) >= 11 is 11.8. The Kier molecular flexibility index (Phi) is 4.13. The number of aliphatic imine (C=N–C) groups is 1. The number of nitrogens with zero attached hydrogens (tertiary/aromatic N) is 3. The van der Waals surface area contributed by atoms with Gasteiger partial charge in [0.25, 0.3) is 0 Å². The molecule has 0 aliphatic rings. The van der Waals surface area contributed by atoms with Crippen LogP contribution in [0.15, 0.2) is 27.8 Å². The first-order valence-corrected chi connectivity index (χ1v) is 5.91. The van der Waals surface area contributed by atoms with Gasteiger partial charge in [-0.1, -0.05) is 29.3 Å². The molecule has 1 aromatic heterocycles. The van der Waals surface area contributed by atoms with Crippen molar-refractivity contribution >= 4 is 47.0 Å². The van der Waals surface area contributed by atoms with Crippen molar-refractivity contribution in [2.45, 2.75) is 6.92 Å². The van der Waals surface area contributed by atoms with Crippen molar-refractivity contribution in [3.05, 3.63) is 33.8 Å². The van der Waals surface area contributed by atoms with E-state index in [9.17, 15) is 4.79 Å². The first kappa shape index (κ1) is 13.5. The van der Waals surface area contributed by atoms with Gasteiger partial charge in [-0.3, -0.25) is 4.79 Å². The van der Waals surface area contributed by atoms with E-state index in [1.165, 1.54) is 13.1 Å². The number of hydrogen-bond donors (Lipinski definition) is 1. The largest absolute Gasteiger partial charge is 0.305 e. The highest BCUT2D eigenvalue weighted by Gasteiger charge is 2.09. The fraction of sp³-hybridized carbons (Fsp3) is 0.0909. The standard InChI is InChI=1S/C11H8Cl2N4O2/c1-6(18)15-11-10(16-19-17-11)14-5-7-2-3-8(12)4-9(7)13/h2-5H,1H3,(H,15,17,18). The molecule has 2 aromatic rings. The molecule has 0 spiro atoms. The molecule has 0 radical (unpaired) electrons. The van der Waals surface area contributed by atoms with E-state index < -0.39 is 0 Å². The molecular formula is C11H8Cl2N4O2. The normalized spacial score (nSPS) is 10.9. The monoisotopic (exact) mass is 298 g/mol. The summed E-state index contributed by atoms with van der Waals surface area (Å²) in [5.41, 5.74) is 0.655. The number of carbonyl (C=O) groups is 1. The van der Waals surface area contributed by atoms with Crippen molar-refractivity contribution in [1.82, 2.24) is 10.3 Å². The molecule has 1 heterocycles. The predicted octanol–water partition coefficient (Wildman–Crippen LogP) is 3.09. The van der Waals surface area contributed by atoms with Gasteiger partial charge in [0.05, 0.1) is 5.02 Å². The third kappa shape index (κ3) is 3.52. The zero-order chi connectivity index (χ0) is 13.8. The topological polar surface area (TPSA) is 80.4 Å². The highest BCUT2D eigenvalue weighted by Crippen LogP contribution is 2.22. The van der Waals surface area contributed by atoms with E-state index in [1.54, 1.807) is 18.2 Å². The lowest BCUT2D eigenvalue weighted by Gasteiger charge is -1.98. The van der Waals surface area contributed by atoms with Crippen LogP contribution in [-0.2, 0) is 4.79 Å². The van der Waals surface area contributed by atoms with Crippen molar-refractivity contribution in [2.24, 2.45) is 4.99 Å². The highest BCUT2D eigenvalue weighted by molar-refractivity contribution is 6.36. The van der Waals surface area contributed by atoms with Crippen molar-refractivity contribution in [3.8, 4) is 0 Å². The molecule has 0 atom stereocenters. The summed E-state index contributed by atoms with van der Waals surface area (Å²) in [6.45, 7) is 1.35. The molecule has 8 heteroatoms. The van der Waals surface area contributed by atoms with E-state index >= 15 is 0 Å². The molecule has 2 rings (SSSR count). The molecule has 0 saturated heterocycles. The molecule has 98 valence electrons. The van der Waals surface area contributed by atoms with Crippen LogP contribution in [0.3, 0.4) is 0 Å². The van der Waals surface area contributed by atoms with Crippen LogP contribution in [0.1, 0.15) is 12.5 Å². The highest BCUT2D eigenvalue weighted by atomic mass is 35.5. The van der Waals surface area contributed by atoms with Gasteiger partial charge in [-0.25, -0.2) is 9.62 Å². The minimum Gasteiger partial charge on any atom is -0.305 e. The Morgan fingerprint density at radius 3 is 2.89 bits per heavy atom.